The van der Waals surface area contributed by atoms with Gasteiger partial charge in [0.05, 0.1) is 12.5 Å². The molecule has 29 heavy (non-hydrogen) atoms. The zero-order chi connectivity index (χ0) is 20.3. The molecule has 2 aromatic rings. The van der Waals surface area contributed by atoms with Crippen LogP contribution in [0.15, 0.2) is 48.5 Å². The predicted octanol–water partition coefficient (Wildman–Crippen LogP) is 3.89. The predicted molar refractivity (Wildman–Crippen MR) is 111 cm³/mol. The molecule has 5 heteroatoms. The largest absolute Gasteiger partial charge is 0.497 e. The van der Waals surface area contributed by atoms with Gasteiger partial charge in [-0.2, -0.15) is 0 Å². The molecule has 0 saturated carbocycles. The van der Waals surface area contributed by atoms with Crippen molar-refractivity contribution in [2.75, 3.05) is 33.3 Å². The lowest BCUT2D eigenvalue weighted by atomic mass is 9.78. The third kappa shape index (κ3) is 4.30. The lowest BCUT2D eigenvalue weighted by Gasteiger charge is -2.39. The van der Waals surface area contributed by atoms with Gasteiger partial charge in [-0.15, -0.1) is 0 Å². The first kappa shape index (κ1) is 19.9. The van der Waals surface area contributed by atoms with E-state index in [9.17, 15) is 9.18 Å². The fraction of sp³-hybridized carbons (Fsp3) is 0.458. The Hall–Kier alpha value is -2.40. The van der Waals surface area contributed by atoms with Crippen molar-refractivity contribution in [3.8, 4) is 5.75 Å². The van der Waals surface area contributed by atoms with Crippen molar-refractivity contribution < 1.29 is 13.9 Å². The van der Waals surface area contributed by atoms with Crippen LogP contribution in [-0.2, 0) is 17.8 Å². The fourth-order valence-electron chi connectivity index (χ4n) is 4.77. The molecule has 154 valence electrons. The van der Waals surface area contributed by atoms with Crippen molar-refractivity contribution in [2.24, 2.45) is 5.41 Å². The quantitative estimate of drug-likeness (QED) is 0.743. The molecule has 2 aliphatic rings. The minimum Gasteiger partial charge on any atom is -0.497 e. The van der Waals surface area contributed by atoms with E-state index in [-0.39, 0.29) is 17.1 Å². The topological polar surface area (TPSA) is 32.8 Å². The number of carbonyl (C=O) groups excluding carboxylic acids is 1. The van der Waals surface area contributed by atoms with Crippen LogP contribution in [0, 0.1) is 11.2 Å². The molecule has 1 amide bonds. The molecule has 0 N–H and O–H groups in total. The summed E-state index contributed by atoms with van der Waals surface area (Å²) in [4.78, 5) is 17.7. The maximum Gasteiger partial charge on any atom is 0.230 e. The normalized spacial score (nSPS) is 22.4. The van der Waals surface area contributed by atoms with Crippen LogP contribution in [0.2, 0.25) is 0 Å². The number of piperidine rings is 1. The van der Waals surface area contributed by atoms with Gasteiger partial charge in [0.2, 0.25) is 5.91 Å². The third-order valence-electron chi connectivity index (χ3n) is 6.43. The van der Waals surface area contributed by atoms with E-state index in [4.69, 9.17) is 4.74 Å². The Morgan fingerprint density at radius 2 is 1.93 bits per heavy atom. The van der Waals surface area contributed by atoms with Crippen LogP contribution in [0.4, 0.5) is 4.39 Å². The van der Waals surface area contributed by atoms with Gasteiger partial charge in [-0.25, -0.2) is 4.39 Å². The Labute approximate surface area is 172 Å². The van der Waals surface area contributed by atoms with E-state index < -0.39 is 0 Å². The smallest absolute Gasteiger partial charge is 0.230 e. The lowest BCUT2D eigenvalue weighted by molar-refractivity contribution is -0.146. The molecule has 4 nitrogen and oxygen atoms in total. The van der Waals surface area contributed by atoms with Crippen molar-refractivity contribution in [3.05, 3.63) is 65.5 Å². The Bertz CT molecular complexity index is 857. The minimum atomic E-state index is -0.301. The highest BCUT2D eigenvalue weighted by Crippen LogP contribution is 2.40. The molecule has 2 aliphatic heterocycles. The summed E-state index contributed by atoms with van der Waals surface area (Å²) >= 11 is 0. The lowest BCUT2D eigenvalue weighted by Crippen LogP contribution is -2.49. The molecule has 0 unspecified atom stereocenters. The number of halogens is 1. The average molecular weight is 397 g/mol. The summed E-state index contributed by atoms with van der Waals surface area (Å²) in [6.07, 6.45) is 3.82. The van der Waals surface area contributed by atoms with E-state index >= 15 is 0 Å². The second kappa shape index (κ2) is 8.54. The highest BCUT2D eigenvalue weighted by Gasteiger charge is 2.48. The summed E-state index contributed by atoms with van der Waals surface area (Å²) in [5, 5.41) is 0. The monoisotopic (exact) mass is 396 g/mol. The van der Waals surface area contributed by atoms with Crippen molar-refractivity contribution in [2.45, 2.75) is 32.2 Å². The average Bonchev–Trinajstić information content (AvgIpc) is 3.16. The molecule has 2 heterocycles. The number of nitrogens with zero attached hydrogens (tertiary/aromatic N) is 2. The zero-order valence-electron chi connectivity index (χ0n) is 17.1. The molecule has 0 radical (unpaired) electrons. The van der Waals surface area contributed by atoms with Crippen LogP contribution in [-0.4, -0.2) is 49.0 Å². The van der Waals surface area contributed by atoms with Crippen LogP contribution in [0.3, 0.4) is 0 Å². The van der Waals surface area contributed by atoms with Crippen LogP contribution >= 0.6 is 0 Å². The number of carbonyl (C=O) groups is 1. The molecular formula is C24H29FN2O2. The second-order valence-electron chi connectivity index (χ2n) is 8.33. The van der Waals surface area contributed by atoms with Gasteiger partial charge in [0.25, 0.3) is 0 Å². The molecule has 2 fully saturated rings. The van der Waals surface area contributed by atoms with Gasteiger partial charge in [-0.1, -0.05) is 30.3 Å². The molecular weight excluding hydrogens is 367 g/mol. The summed E-state index contributed by atoms with van der Waals surface area (Å²) in [6, 6.07) is 15.2. The SMILES string of the molecule is COc1ccc(F)c(CN2CCC[C@]3(CCN(CCc4ccccc4)C3)C2=O)c1. The van der Waals surface area contributed by atoms with Crippen LogP contribution in [0.25, 0.3) is 0 Å². The summed E-state index contributed by atoms with van der Waals surface area (Å²) in [5.41, 5.74) is 1.55. The number of benzene rings is 2. The number of rotatable bonds is 6. The van der Waals surface area contributed by atoms with Crippen molar-refractivity contribution in [1.82, 2.24) is 9.80 Å². The Kier molecular flexibility index (Phi) is 5.86. The van der Waals surface area contributed by atoms with E-state index in [1.165, 1.54) is 11.6 Å². The van der Waals surface area contributed by atoms with Gasteiger partial charge >= 0.3 is 0 Å². The first-order valence-corrected chi connectivity index (χ1v) is 10.5. The van der Waals surface area contributed by atoms with Gasteiger partial charge in [0.1, 0.15) is 11.6 Å². The number of hydrogen-bond donors (Lipinski definition) is 0. The molecule has 2 saturated heterocycles. The second-order valence-corrected chi connectivity index (χ2v) is 8.33. The highest BCUT2D eigenvalue weighted by molar-refractivity contribution is 5.84. The van der Waals surface area contributed by atoms with E-state index in [1.807, 2.05) is 11.0 Å². The van der Waals surface area contributed by atoms with E-state index in [0.717, 1.165) is 45.3 Å². The van der Waals surface area contributed by atoms with E-state index in [2.05, 4.69) is 29.2 Å². The number of methoxy groups -OCH3 is 1. The summed E-state index contributed by atoms with van der Waals surface area (Å²) < 4.78 is 19.5. The summed E-state index contributed by atoms with van der Waals surface area (Å²) in [7, 11) is 1.57. The minimum absolute atomic E-state index is 0.188. The van der Waals surface area contributed by atoms with Gasteiger partial charge < -0.3 is 14.5 Å². The number of amides is 1. The molecule has 1 spiro atoms. The third-order valence-corrected chi connectivity index (χ3v) is 6.43. The highest BCUT2D eigenvalue weighted by atomic mass is 19.1. The standard InChI is InChI=1S/C24H29FN2O2/c1-29-21-8-9-22(25)20(16-21)17-27-13-5-11-24(23(27)28)12-15-26(18-24)14-10-19-6-3-2-4-7-19/h2-4,6-9,16H,5,10-15,17-18H2,1H3/t24-/m1/s1. The number of hydrogen-bond acceptors (Lipinski definition) is 3. The molecule has 0 aromatic heterocycles. The Balaban J connectivity index is 1.41. The maximum atomic E-state index is 14.3. The van der Waals surface area contributed by atoms with Crippen LogP contribution < -0.4 is 4.74 Å². The number of ether oxygens (including phenoxy) is 1. The van der Waals surface area contributed by atoms with E-state index in [0.29, 0.717) is 24.4 Å². The van der Waals surface area contributed by atoms with Crippen molar-refractivity contribution in [3.63, 3.8) is 0 Å². The molecule has 0 aliphatic carbocycles. The van der Waals surface area contributed by atoms with Gasteiger partial charge in [0.15, 0.2) is 0 Å². The number of likely N-dealkylation sites (tertiary alicyclic amines) is 2. The van der Waals surface area contributed by atoms with Crippen molar-refractivity contribution >= 4 is 5.91 Å². The fourth-order valence-corrected chi connectivity index (χ4v) is 4.77. The van der Waals surface area contributed by atoms with Crippen molar-refractivity contribution in [1.29, 1.82) is 0 Å². The molecule has 4 rings (SSSR count). The first-order valence-electron chi connectivity index (χ1n) is 10.5. The molecule has 1 atom stereocenters. The first-order chi connectivity index (χ1) is 14.1. The summed E-state index contributed by atoms with van der Waals surface area (Å²) in [5.74, 6) is 0.524. The molecule has 0 bridgehead atoms. The Morgan fingerprint density at radius 3 is 2.72 bits per heavy atom. The Morgan fingerprint density at radius 1 is 1.10 bits per heavy atom. The zero-order valence-corrected chi connectivity index (χ0v) is 17.1. The van der Waals surface area contributed by atoms with Gasteiger partial charge in [-0.3, -0.25) is 4.79 Å². The molecule has 2 aromatic carbocycles. The van der Waals surface area contributed by atoms with Crippen LogP contribution in [0.5, 0.6) is 5.75 Å². The van der Waals surface area contributed by atoms with E-state index in [1.54, 1.807) is 19.2 Å². The maximum absolute atomic E-state index is 14.3. The van der Waals surface area contributed by atoms with Gasteiger partial charge in [0, 0.05) is 31.7 Å². The van der Waals surface area contributed by atoms with Crippen LogP contribution in [0.1, 0.15) is 30.4 Å². The summed E-state index contributed by atoms with van der Waals surface area (Å²) in [6.45, 7) is 3.76. The van der Waals surface area contributed by atoms with Gasteiger partial charge in [-0.05, 0) is 56.0 Å².